The SMILES string of the molecule is CCNC(=NCC1(C)CCCS1)NCCN1CCN(CC)CC1.I. The fourth-order valence-electron chi connectivity index (χ4n) is 3.21. The standard InChI is InChI=1S/C17H35N5S.HI/c1-4-18-16(20-15-17(3)7-6-14-23-17)19-8-9-22-12-10-21(5-2)11-13-22;/h4-15H2,1-3H3,(H2,18,19,20);1H. The van der Waals surface area contributed by atoms with Gasteiger partial charge in [-0.05, 0) is 39.0 Å². The zero-order chi connectivity index (χ0) is 16.5. The molecule has 0 amide bonds. The molecule has 2 aliphatic rings. The Morgan fingerprint density at radius 1 is 1.12 bits per heavy atom. The van der Waals surface area contributed by atoms with Gasteiger partial charge >= 0.3 is 0 Å². The number of nitrogens with one attached hydrogen (secondary N) is 2. The molecule has 0 aromatic carbocycles. The number of rotatable bonds is 7. The smallest absolute Gasteiger partial charge is 0.191 e. The van der Waals surface area contributed by atoms with Gasteiger partial charge in [0, 0.05) is 50.6 Å². The molecule has 0 aromatic heterocycles. The molecule has 2 heterocycles. The molecule has 2 aliphatic heterocycles. The molecule has 0 bridgehead atoms. The van der Waals surface area contributed by atoms with Crippen molar-refractivity contribution in [2.24, 2.45) is 4.99 Å². The maximum Gasteiger partial charge on any atom is 0.191 e. The lowest BCUT2D eigenvalue weighted by atomic mass is 10.1. The third kappa shape index (κ3) is 7.66. The van der Waals surface area contributed by atoms with Gasteiger partial charge in [-0.15, -0.1) is 24.0 Å². The first-order valence-corrected chi connectivity index (χ1v) is 10.2. The third-order valence-electron chi connectivity index (χ3n) is 4.85. The van der Waals surface area contributed by atoms with Gasteiger partial charge < -0.3 is 15.5 Å². The first-order chi connectivity index (χ1) is 11.1. The summed E-state index contributed by atoms with van der Waals surface area (Å²) in [5, 5.41) is 6.89. The Morgan fingerprint density at radius 3 is 2.42 bits per heavy atom. The Hall–Kier alpha value is 0.270. The molecule has 0 aliphatic carbocycles. The van der Waals surface area contributed by atoms with E-state index in [9.17, 15) is 0 Å². The van der Waals surface area contributed by atoms with Gasteiger partial charge in [0.15, 0.2) is 5.96 Å². The van der Waals surface area contributed by atoms with Crippen LogP contribution in [0, 0.1) is 0 Å². The Balaban J connectivity index is 0.00000288. The number of halogens is 1. The van der Waals surface area contributed by atoms with Crippen LogP contribution in [0.1, 0.15) is 33.6 Å². The van der Waals surface area contributed by atoms with Gasteiger partial charge in [-0.3, -0.25) is 9.89 Å². The highest BCUT2D eigenvalue weighted by Crippen LogP contribution is 2.37. The van der Waals surface area contributed by atoms with Crippen LogP contribution in [-0.2, 0) is 0 Å². The van der Waals surface area contributed by atoms with Crippen molar-refractivity contribution in [3.8, 4) is 0 Å². The molecular weight excluding hydrogens is 433 g/mol. The molecule has 0 spiro atoms. The molecule has 0 radical (unpaired) electrons. The van der Waals surface area contributed by atoms with Crippen LogP contribution in [0.5, 0.6) is 0 Å². The van der Waals surface area contributed by atoms with Crippen LogP contribution in [0.3, 0.4) is 0 Å². The Morgan fingerprint density at radius 2 is 1.83 bits per heavy atom. The minimum Gasteiger partial charge on any atom is -0.357 e. The zero-order valence-corrected chi connectivity index (χ0v) is 18.8. The molecule has 0 saturated carbocycles. The number of likely N-dealkylation sites (N-methyl/N-ethyl adjacent to an activating group) is 1. The fourth-order valence-corrected chi connectivity index (χ4v) is 4.44. The molecule has 1 atom stereocenters. The summed E-state index contributed by atoms with van der Waals surface area (Å²) in [5.74, 6) is 2.27. The van der Waals surface area contributed by atoms with Gasteiger partial charge in [-0.2, -0.15) is 11.8 Å². The van der Waals surface area contributed by atoms with E-state index in [0.29, 0.717) is 4.75 Å². The second kappa shape index (κ2) is 11.8. The molecule has 2 N–H and O–H groups in total. The topological polar surface area (TPSA) is 42.9 Å². The Bertz CT molecular complexity index is 366. The minimum atomic E-state index is 0. The zero-order valence-electron chi connectivity index (χ0n) is 15.6. The average Bonchev–Trinajstić information content (AvgIpc) is 3.00. The van der Waals surface area contributed by atoms with E-state index in [0.717, 1.165) is 32.1 Å². The number of aliphatic imine (C=N–C) groups is 1. The average molecular weight is 469 g/mol. The van der Waals surface area contributed by atoms with Crippen LogP contribution in [-0.4, -0.2) is 85.2 Å². The summed E-state index contributed by atoms with van der Waals surface area (Å²) in [4.78, 5) is 9.90. The number of guanidine groups is 1. The molecular formula is C17H36IN5S. The predicted molar refractivity (Wildman–Crippen MR) is 118 cm³/mol. The second-order valence-electron chi connectivity index (χ2n) is 6.80. The third-order valence-corrected chi connectivity index (χ3v) is 6.37. The summed E-state index contributed by atoms with van der Waals surface area (Å²) in [6, 6.07) is 0. The summed E-state index contributed by atoms with van der Waals surface area (Å²) in [6.45, 7) is 16.6. The van der Waals surface area contributed by atoms with Crippen molar-refractivity contribution in [1.29, 1.82) is 0 Å². The highest BCUT2D eigenvalue weighted by Gasteiger charge is 2.29. The quantitative estimate of drug-likeness (QED) is 0.340. The lowest BCUT2D eigenvalue weighted by Gasteiger charge is -2.34. The highest BCUT2D eigenvalue weighted by molar-refractivity contribution is 14.0. The van der Waals surface area contributed by atoms with Crippen LogP contribution in [0.2, 0.25) is 0 Å². The van der Waals surface area contributed by atoms with E-state index in [-0.39, 0.29) is 24.0 Å². The normalized spacial score (nSPS) is 26.2. The fraction of sp³-hybridized carbons (Fsp3) is 0.941. The molecule has 142 valence electrons. The van der Waals surface area contributed by atoms with E-state index in [1.165, 1.54) is 51.3 Å². The van der Waals surface area contributed by atoms with Crippen molar-refractivity contribution in [2.75, 3.05) is 64.7 Å². The molecule has 24 heavy (non-hydrogen) atoms. The van der Waals surface area contributed by atoms with Gasteiger partial charge in [0.1, 0.15) is 0 Å². The van der Waals surface area contributed by atoms with Crippen molar-refractivity contribution < 1.29 is 0 Å². The number of hydrogen-bond donors (Lipinski definition) is 2. The lowest BCUT2D eigenvalue weighted by Crippen LogP contribution is -2.49. The number of nitrogens with zero attached hydrogens (tertiary/aromatic N) is 3. The summed E-state index contributed by atoms with van der Waals surface area (Å²) in [5.41, 5.74) is 0. The van der Waals surface area contributed by atoms with Crippen molar-refractivity contribution in [2.45, 2.75) is 38.4 Å². The van der Waals surface area contributed by atoms with Crippen LogP contribution >= 0.6 is 35.7 Å². The summed E-state index contributed by atoms with van der Waals surface area (Å²) in [6.07, 6.45) is 2.63. The summed E-state index contributed by atoms with van der Waals surface area (Å²) in [7, 11) is 0. The Kier molecular flexibility index (Phi) is 11.0. The Labute approximate surface area is 169 Å². The van der Waals surface area contributed by atoms with Crippen LogP contribution < -0.4 is 10.6 Å². The van der Waals surface area contributed by atoms with Crippen LogP contribution in [0.15, 0.2) is 4.99 Å². The van der Waals surface area contributed by atoms with Crippen molar-refractivity contribution in [1.82, 2.24) is 20.4 Å². The monoisotopic (exact) mass is 469 g/mol. The molecule has 7 heteroatoms. The number of hydrogen-bond acceptors (Lipinski definition) is 4. The maximum absolute atomic E-state index is 4.82. The van der Waals surface area contributed by atoms with Gasteiger partial charge in [0.25, 0.3) is 0 Å². The van der Waals surface area contributed by atoms with Crippen molar-refractivity contribution in [3.05, 3.63) is 0 Å². The van der Waals surface area contributed by atoms with E-state index in [1.54, 1.807) is 0 Å². The predicted octanol–water partition coefficient (Wildman–Crippen LogP) is 2.08. The molecule has 5 nitrogen and oxygen atoms in total. The highest BCUT2D eigenvalue weighted by atomic mass is 127. The van der Waals surface area contributed by atoms with E-state index >= 15 is 0 Å². The van der Waals surface area contributed by atoms with Gasteiger partial charge in [-0.1, -0.05) is 6.92 Å². The van der Waals surface area contributed by atoms with Gasteiger partial charge in [0.05, 0.1) is 6.54 Å². The van der Waals surface area contributed by atoms with Crippen molar-refractivity contribution >= 4 is 41.7 Å². The van der Waals surface area contributed by atoms with Gasteiger partial charge in [0.2, 0.25) is 0 Å². The molecule has 2 saturated heterocycles. The summed E-state index contributed by atoms with van der Waals surface area (Å²) >= 11 is 2.08. The maximum atomic E-state index is 4.82. The molecule has 0 aromatic rings. The second-order valence-corrected chi connectivity index (χ2v) is 8.48. The van der Waals surface area contributed by atoms with Gasteiger partial charge in [-0.25, -0.2) is 0 Å². The molecule has 1 unspecified atom stereocenters. The number of piperazine rings is 1. The van der Waals surface area contributed by atoms with E-state index in [2.05, 4.69) is 53.0 Å². The molecule has 2 rings (SSSR count). The number of thioether (sulfide) groups is 1. The first-order valence-electron chi connectivity index (χ1n) is 9.26. The van der Waals surface area contributed by atoms with Crippen LogP contribution in [0.4, 0.5) is 0 Å². The van der Waals surface area contributed by atoms with Crippen LogP contribution in [0.25, 0.3) is 0 Å². The molecule has 2 fully saturated rings. The minimum absolute atomic E-state index is 0. The van der Waals surface area contributed by atoms with E-state index in [1.807, 2.05) is 0 Å². The van der Waals surface area contributed by atoms with Crippen molar-refractivity contribution in [3.63, 3.8) is 0 Å². The summed E-state index contributed by atoms with van der Waals surface area (Å²) < 4.78 is 0.346. The largest absolute Gasteiger partial charge is 0.357 e. The lowest BCUT2D eigenvalue weighted by molar-refractivity contribution is 0.139. The van der Waals surface area contributed by atoms with E-state index < -0.39 is 0 Å². The first kappa shape index (κ1) is 22.3. The van der Waals surface area contributed by atoms with E-state index in [4.69, 9.17) is 4.99 Å².